The van der Waals surface area contributed by atoms with E-state index in [0.29, 0.717) is 19.3 Å². The number of hydrogen-bond acceptors (Lipinski definition) is 5. The van der Waals surface area contributed by atoms with Crippen LogP contribution in [0.5, 0.6) is 0 Å². The van der Waals surface area contributed by atoms with Crippen LogP contribution in [-0.2, 0) is 14.3 Å². The minimum absolute atomic E-state index is 0.0620. The zero-order chi connectivity index (χ0) is 46.7. The highest BCUT2D eigenvalue weighted by Gasteiger charge is 2.24. The first kappa shape index (κ1) is 61.6. The van der Waals surface area contributed by atoms with Crippen molar-refractivity contribution in [3.05, 3.63) is 60.8 Å². The number of ether oxygens (including phenoxy) is 1. The van der Waals surface area contributed by atoms with Crippen molar-refractivity contribution in [2.45, 2.75) is 289 Å². The van der Waals surface area contributed by atoms with Crippen molar-refractivity contribution in [3.63, 3.8) is 0 Å². The molecule has 3 unspecified atom stereocenters. The van der Waals surface area contributed by atoms with Gasteiger partial charge in [-0.15, -0.1) is 0 Å². The highest BCUT2D eigenvalue weighted by atomic mass is 16.5. The summed E-state index contributed by atoms with van der Waals surface area (Å²) in [5, 5.41) is 23.8. The number of amides is 1. The molecule has 0 aromatic carbocycles. The molecule has 0 aliphatic rings. The smallest absolute Gasteiger partial charge is 0.306 e. The second kappa shape index (κ2) is 51.5. The second-order valence-corrected chi connectivity index (χ2v) is 18.6. The number of rotatable bonds is 49. The van der Waals surface area contributed by atoms with E-state index >= 15 is 0 Å². The molecule has 0 aromatic rings. The fraction of sp³-hybridized carbons (Fsp3) is 0.793. The molecule has 3 atom stereocenters. The molecule has 64 heavy (non-hydrogen) atoms. The van der Waals surface area contributed by atoms with Crippen LogP contribution in [0.15, 0.2) is 60.8 Å². The standard InChI is InChI=1S/C58H105NO5/c1-4-7-10-13-16-19-22-24-26-27-28-29-31-33-36-39-42-45-48-51-58(63)64-54(49-46-43-40-37-35-32-30-25-23-20-17-14-11-8-5-2)52-57(62)59-55(53-60)56(61)50-47-44-41-38-34-21-18-15-12-9-6-3/h16-17,19-20,24-26,28-30,54-56,60-61H,4-15,18,21-23,27,31-53H2,1-3H3,(H,59,62)/b19-16-,20-17-,26-24-,29-28-,30-25-. The van der Waals surface area contributed by atoms with Crippen LogP contribution in [0.3, 0.4) is 0 Å². The van der Waals surface area contributed by atoms with Crippen LogP contribution in [0.1, 0.15) is 271 Å². The summed E-state index contributed by atoms with van der Waals surface area (Å²) >= 11 is 0. The van der Waals surface area contributed by atoms with E-state index in [2.05, 4.69) is 86.8 Å². The number of hydrogen-bond donors (Lipinski definition) is 3. The van der Waals surface area contributed by atoms with Crippen molar-refractivity contribution >= 4 is 11.9 Å². The first-order valence-electron chi connectivity index (χ1n) is 27.5. The number of nitrogens with one attached hydrogen (secondary N) is 1. The predicted octanol–water partition coefficient (Wildman–Crippen LogP) is 16.8. The molecule has 0 aliphatic heterocycles. The Morgan fingerprint density at radius 3 is 1.23 bits per heavy atom. The lowest BCUT2D eigenvalue weighted by Gasteiger charge is -2.24. The zero-order valence-electron chi connectivity index (χ0n) is 42.4. The molecule has 0 aliphatic carbocycles. The number of aliphatic hydroxyl groups excluding tert-OH is 2. The highest BCUT2D eigenvalue weighted by Crippen LogP contribution is 2.18. The molecule has 0 bridgehead atoms. The maximum Gasteiger partial charge on any atom is 0.306 e. The van der Waals surface area contributed by atoms with Crippen molar-refractivity contribution in [2.75, 3.05) is 6.61 Å². The molecule has 0 rings (SSSR count). The van der Waals surface area contributed by atoms with Gasteiger partial charge in [0.25, 0.3) is 0 Å². The summed E-state index contributed by atoms with van der Waals surface area (Å²) in [4.78, 5) is 26.2. The van der Waals surface area contributed by atoms with E-state index in [4.69, 9.17) is 4.74 Å². The third-order valence-corrected chi connectivity index (χ3v) is 12.3. The van der Waals surface area contributed by atoms with Crippen LogP contribution in [0.4, 0.5) is 0 Å². The predicted molar refractivity (Wildman–Crippen MR) is 278 cm³/mol. The van der Waals surface area contributed by atoms with E-state index in [1.54, 1.807) is 0 Å². The van der Waals surface area contributed by atoms with Gasteiger partial charge in [0.05, 0.1) is 25.2 Å². The summed E-state index contributed by atoms with van der Waals surface area (Å²) in [5.74, 6) is -0.498. The Balaban J connectivity index is 4.60. The molecule has 3 N–H and O–H groups in total. The summed E-state index contributed by atoms with van der Waals surface area (Å²) in [7, 11) is 0. The van der Waals surface area contributed by atoms with Crippen LogP contribution in [-0.4, -0.2) is 46.9 Å². The van der Waals surface area contributed by atoms with Gasteiger partial charge in [0.1, 0.15) is 6.10 Å². The summed E-state index contributed by atoms with van der Waals surface area (Å²) in [6.07, 6.45) is 64.2. The SMILES string of the molecule is CCCCC/C=C\C/C=C\C/C=C\CCCCCCCCC(=O)OC(CCCCCCC/C=C\C/C=C\CCCCC)CC(=O)NC(CO)C(O)CCCCCCCCCCCCC. The Bertz CT molecular complexity index is 1140. The van der Waals surface area contributed by atoms with Crippen molar-refractivity contribution in [1.82, 2.24) is 5.32 Å². The molecule has 6 heteroatoms. The topological polar surface area (TPSA) is 95.9 Å². The van der Waals surface area contributed by atoms with Gasteiger partial charge in [-0.25, -0.2) is 0 Å². The van der Waals surface area contributed by atoms with Crippen molar-refractivity contribution < 1.29 is 24.5 Å². The van der Waals surface area contributed by atoms with Crippen LogP contribution >= 0.6 is 0 Å². The number of allylic oxidation sites excluding steroid dienone is 10. The Hall–Kier alpha value is -2.44. The molecule has 1 amide bonds. The van der Waals surface area contributed by atoms with Crippen LogP contribution in [0.2, 0.25) is 0 Å². The first-order chi connectivity index (χ1) is 31.5. The van der Waals surface area contributed by atoms with Gasteiger partial charge in [-0.3, -0.25) is 9.59 Å². The van der Waals surface area contributed by atoms with Crippen molar-refractivity contribution in [1.29, 1.82) is 0 Å². The average molecular weight is 896 g/mol. The van der Waals surface area contributed by atoms with Gasteiger partial charge < -0.3 is 20.3 Å². The molecule has 0 fully saturated rings. The lowest BCUT2D eigenvalue weighted by atomic mass is 10.0. The van der Waals surface area contributed by atoms with Crippen molar-refractivity contribution in [3.8, 4) is 0 Å². The monoisotopic (exact) mass is 896 g/mol. The molecule has 0 heterocycles. The van der Waals surface area contributed by atoms with Gasteiger partial charge in [-0.1, -0.05) is 223 Å². The quantitative estimate of drug-likeness (QED) is 0.0321. The maximum absolute atomic E-state index is 13.2. The lowest BCUT2D eigenvalue weighted by Crippen LogP contribution is -2.46. The molecule has 0 spiro atoms. The fourth-order valence-electron chi connectivity index (χ4n) is 8.11. The first-order valence-corrected chi connectivity index (χ1v) is 27.5. The van der Waals surface area contributed by atoms with Gasteiger partial charge in [-0.2, -0.15) is 0 Å². The number of esters is 1. The molecule has 0 saturated heterocycles. The zero-order valence-corrected chi connectivity index (χ0v) is 42.4. The van der Waals surface area contributed by atoms with E-state index in [9.17, 15) is 19.8 Å². The summed E-state index contributed by atoms with van der Waals surface area (Å²) in [5.41, 5.74) is 0. The number of unbranched alkanes of at least 4 members (excludes halogenated alkanes) is 27. The fourth-order valence-corrected chi connectivity index (χ4v) is 8.11. The van der Waals surface area contributed by atoms with Crippen LogP contribution in [0.25, 0.3) is 0 Å². The van der Waals surface area contributed by atoms with E-state index < -0.39 is 18.2 Å². The van der Waals surface area contributed by atoms with Gasteiger partial charge >= 0.3 is 5.97 Å². The molecular formula is C58H105NO5. The minimum atomic E-state index is -0.795. The van der Waals surface area contributed by atoms with Crippen LogP contribution in [0, 0.1) is 0 Å². The van der Waals surface area contributed by atoms with Gasteiger partial charge in [-0.05, 0) is 96.3 Å². The third-order valence-electron chi connectivity index (χ3n) is 12.3. The number of carbonyl (C=O) groups is 2. The van der Waals surface area contributed by atoms with E-state index in [0.717, 1.165) is 89.9 Å². The number of aliphatic hydroxyl groups is 2. The third kappa shape index (κ3) is 46.1. The lowest BCUT2D eigenvalue weighted by molar-refractivity contribution is -0.151. The largest absolute Gasteiger partial charge is 0.462 e. The molecule has 0 saturated carbocycles. The molecule has 372 valence electrons. The maximum atomic E-state index is 13.2. The summed E-state index contributed by atoms with van der Waals surface area (Å²) < 4.78 is 5.94. The Kier molecular flexibility index (Phi) is 49.6. The Morgan fingerprint density at radius 1 is 0.453 bits per heavy atom. The van der Waals surface area contributed by atoms with E-state index in [1.165, 1.54) is 135 Å². The molecular weight excluding hydrogens is 791 g/mol. The Labute approximate surface area is 397 Å². The van der Waals surface area contributed by atoms with Gasteiger partial charge in [0.2, 0.25) is 5.91 Å². The van der Waals surface area contributed by atoms with E-state index in [-0.39, 0.29) is 24.9 Å². The average Bonchev–Trinajstić information content (AvgIpc) is 3.29. The number of carbonyl (C=O) groups excluding carboxylic acids is 2. The molecule has 0 aromatic heterocycles. The molecule has 6 nitrogen and oxygen atoms in total. The Morgan fingerprint density at radius 2 is 0.797 bits per heavy atom. The normalized spacial score (nSPS) is 13.6. The second-order valence-electron chi connectivity index (χ2n) is 18.6. The summed E-state index contributed by atoms with van der Waals surface area (Å²) in [6.45, 7) is 6.43. The highest BCUT2D eigenvalue weighted by molar-refractivity contribution is 5.77. The van der Waals surface area contributed by atoms with Crippen LogP contribution < -0.4 is 5.32 Å². The van der Waals surface area contributed by atoms with E-state index in [1.807, 2.05) is 0 Å². The van der Waals surface area contributed by atoms with Gasteiger partial charge in [0.15, 0.2) is 0 Å². The molecule has 0 radical (unpaired) electrons. The minimum Gasteiger partial charge on any atom is -0.462 e. The summed E-state index contributed by atoms with van der Waals surface area (Å²) in [6, 6.07) is -0.710. The van der Waals surface area contributed by atoms with Crippen molar-refractivity contribution in [2.24, 2.45) is 0 Å². The van der Waals surface area contributed by atoms with Gasteiger partial charge in [0, 0.05) is 6.42 Å².